The number of carbonyl (C=O) groups is 2. The van der Waals surface area contributed by atoms with Crippen molar-refractivity contribution in [2.45, 2.75) is 32.2 Å². The second-order valence-electron chi connectivity index (χ2n) is 9.62. The SMILES string of the molecule is C=C(Nc1ccccc1C)Nc1ccc(CC(=O)N2CCCC2COc2ccc(C(=O)O)cc2OC)cc1OC. The lowest BCUT2D eigenvalue weighted by atomic mass is 10.1. The van der Waals surface area contributed by atoms with Gasteiger partial charge in [-0.3, -0.25) is 4.79 Å². The summed E-state index contributed by atoms with van der Waals surface area (Å²) in [5.74, 6) is 0.961. The van der Waals surface area contributed by atoms with Crippen molar-refractivity contribution in [3.63, 3.8) is 0 Å². The van der Waals surface area contributed by atoms with Crippen molar-refractivity contribution in [3.05, 3.63) is 89.8 Å². The smallest absolute Gasteiger partial charge is 0.335 e. The van der Waals surface area contributed by atoms with Crippen LogP contribution in [0.5, 0.6) is 17.2 Å². The fourth-order valence-electron chi connectivity index (χ4n) is 4.74. The van der Waals surface area contributed by atoms with Gasteiger partial charge in [-0.05, 0) is 67.3 Å². The van der Waals surface area contributed by atoms with Crippen molar-refractivity contribution < 1.29 is 28.9 Å². The molecular formula is C31H35N3O6. The Morgan fingerprint density at radius 1 is 0.975 bits per heavy atom. The number of carbonyl (C=O) groups excluding carboxylic acids is 1. The van der Waals surface area contributed by atoms with Gasteiger partial charge < -0.3 is 34.9 Å². The highest BCUT2D eigenvalue weighted by Crippen LogP contribution is 2.31. The molecule has 1 heterocycles. The van der Waals surface area contributed by atoms with E-state index in [9.17, 15) is 14.7 Å². The Kier molecular flexibility index (Phi) is 9.16. The number of nitrogens with one attached hydrogen (secondary N) is 2. The first-order valence-electron chi connectivity index (χ1n) is 13.1. The lowest BCUT2D eigenvalue weighted by Gasteiger charge is -2.25. The van der Waals surface area contributed by atoms with E-state index >= 15 is 0 Å². The minimum Gasteiger partial charge on any atom is -0.495 e. The largest absolute Gasteiger partial charge is 0.495 e. The number of aromatic carboxylic acids is 1. The Bertz CT molecular complexity index is 1390. The van der Waals surface area contributed by atoms with Gasteiger partial charge >= 0.3 is 5.97 Å². The summed E-state index contributed by atoms with van der Waals surface area (Å²) in [5.41, 5.74) is 3.75. The minimum absolute atomic E-state index is 0.00711. The summed E-state index contributed by atoms with van der Waals surface area (Å²) in [6.07, 6.45) is 1.94. The molecule has 3 N–H and O–H groups in total. The molecule has 0 spiro atoms. The number of benzene rings is 3. The van der Waals surface area contributed by atoms with Crippen LogP contribution in [0.3, 0.4) is 0 Å². The van der Waals surface area contributed by atoms with Crippen molar-refractivity contribution in [1.29, 1.82) is 0 Å². The third-order valence-electron chi connectivity index (χ3n) is 6.88. The first-order chi connectivity index (χ1) is 19.3. The highest BCUT2D eigenvalue weighted by atomic mass is 16.5. The van der Waals surface area contributed by atoms with E-state index in [4.69, 9.17) is 14.2 Å². The van der Waals surface area contributed by atoms with Crippen LogP contribution in [0.15, 0.2) is 73.1 Å². The van der Waals surface area contributed by atoms with Gasteiger partial charge in [-0.2, -0.15) is 0 Å². The van der Waals surface area contributed by atoms with E-state index in [2.05, 4.69) is 17.2 Å². The van der Waals surface area contributed by atoms with Crippen LogP contribution in [0, 0.1) is 6.92 Å². The minimum atomic E-state index is -1.04. The summed E-state index contributed by atoms with van der Waals surface area (Å²) in [7, 11) is 3.06. The van der Waals surface area contributed by atoms with Crippen LogP contribution in [0.4, 0.5) is 11.4 Å². The van der Waals surface area contributed by atoms with Crippen molar-refractivity contribution in [2.75, 3.05) is 38.0 Å². The van der Waals surface area contributed by atoms with Gasteiger partial charge in [0, 0.05) is 12.2 Å². The molecule has 1 aliphatic heterocycles. The molecule has 1 amide bonds. The molecular weight excluding hydrogens is 510 g/mol. The lowest BCUT2D eigenvalue weighted by molar-refractivity contribution is -0.131. The summed E-state index contributed by atoms with van der Waals surface area (Å²) in [6, 6.07) is 18.0. The molecule has 1 fully saturated rings. The molecule has 1 saturated heterocycles. The number of likely N-dealkylation sites (tertiary alicyclic amines) is 1. The van der Waals surface area contributed by atoms with Crippen molar-refractivity contribution >= 4 is 23.3 Å². The number of carboxylic acids is 1. The Labute approximate surface area is 234 Å². The van der Waals surface area contributed by atoms with Gasteiger partial charge in [-0.15, -0.1) is 0 Å². The fraction of sp³-hybridized carbons (Fsp3) is 0.290. The quantitative estimate of drug-likeness (QED) is 0.281. The van der Waals surface area contributed by atoms with E-state index in [1.807, 2.05) is 54.3 Å². The summed E-state index contributed by atoms with van der Waals surface area (Å²) >= 11 is 0. The zero-order chi connectivity index (χ0) is 28.6. The molecule has 0 bridgehead atoms. The maximum atomic E-state index is 13.3. The summed E-state index contributed by atoms with van der Waals surface area (Å²) in [4.78, 5) is 26.4. The zero-order valence-corrected chi connectivity index (χ0v) is 23.0. The van der Waals surface area contributed by atoms with Gasteiger partial charge in [0.05, 0.1) is 37.9 Å². The number of para-hydroxylation sites is 1. The van der Waals surface area contributed by atoms with Crippen LogP contribution >= 0.6 is 0 Å². The van der Waals surface area contributed by atoms with Gasteiger partial charge in [0.2, 0.25) is 5.91 Å². The Balaban J connectivity index is 1.37. The van der Waals surface area contributed by atoms with Crippen LogP contribution in [0.2, 0.25) is 0 Å². The highest BCUT2D eigenvalue weighted by molar-refractivity contribution is 5.88. The molecule has 1 aliphatic rings. The van der Waals surface area contributed by atoms with Gasteiger partial charge in [-0.25, -0.2) is 4.79 Å². The predicted octanol–water partition coefficient (Wildman–Crippen LogP) is 5.32. The van der Waals surface area contributed by atoms with Crippen molar-refractivity contribution in [3.8, 4) is 17.2 Å². The van der Waals surface area contributed by atoms with Crippen LogP contribution < -0.4 is 24.8 Å². The lowest BCUT2D eigenvalue weighted by Crippen LogP contribution is -2.39. The zero-order valence-electron chi connectivity index (χ0n) is 23.0. The molecule has 1 unspecified atom stereocenters. The number of ether oxygens (including phenoxy) is 3. The predicted molar refractivity (Wildman–Crippen MR) is 154 cm³/mol. The molecule has 4 rings (SSSR count). The average molecular weight is 546 g/mol. The number of carboxylic acid groups (broad SMARTS) is 1. The molecule has 9 nitrogen and oxygen atoms in total. The topological polar surface area (TPSA) is 109 Å². The first kappa shape index (κ1) is 28.4. The number of amides is 1. The van der Waals surface area contributed by atoms with Crippen LogP contribution in [-0.4, -0.2) is 55.3 Å². The van der Waals surface area contributed by atoms with Crippen LogP contribution in [0.25, 0.3) is 0 Å². The van der Waals surface area contributed by atoms with Crippen LogP contribution in [-0.2, 0) is 11.2 Å². The molecule has 0 aromatic heterocycles. The number of anilines is 2. The van der Waals surface area contributed by atoms with Crippen LogP contribution in [0.1, 0.15) is 34.3 Å². The van der Waals surface area contributed by atoms with Gasteiger partial charge in [0.1, 0.15) is 18.2 Å². The van der Waals surface area contributed by atoms with Crippen molar-refractivity contribution in [2.24, 2.45) is 0 Å². The monoisotopic (exact) mass is 545 g/mol. The standard InChI is InChI=1S/C31H35N3O6/c1-20-8-5-6-10-25(20)32-21(2)33-26-13-11-22(16-28(26)38-3)17-30(35)34-15-7-9-24(34)19-40-27-14-12-23(31(36)37)18-29(27)39-4/h5-6,8,10-14,16,18,24,32-33H,2,7,9,15,17,19H2,1,3-4H3,(H,36,37). The maximum Gasteiger partial charge on any atom is 0.335 e. The van der Waals surface area contributed by atoms with Gasteiger partial charge in [0.25, 0.3) is 0 Å². The molecule has 0 radical (unpaired) electrons. The molecule has 3 aromatic carbocycles. The van der Waals surface area contributed by atoms with E-state index in [0.29, 0.717) is 29.6 Å². The number of rotatable bonds is 12. The molecule has 40 heavy (non-hydrogen) atoms. The summed E-state index contributed by atoms with van der Waals surface area (Å²) in [5, 5.41) is 15.7. The molecule has 3 aromatic rings. The number of nitrogens with zero attached hydrogens (tertiary/aromatic N) is 1. The van der Waals surface area contributed by atoms with E-state index in [0.717, 1.165) is 35.3 Å². The third kappa shape index (κ3) is 6.85. The second-order valence-corrected chi connectivity index (χ2v) is 9.62. The highest BCUT2D eigenvalue weighted by Gasteiger charge is 2.29. The number of hydrogen-bond acceptors (Lipinski definition) is 7. The maximum absolute atomic E-state index is 13.3. The van der Waals surface area contributed by atoms with Gasteiger partial charge in [-0.1, -0.05) is 30.8 Å². The molecule has 0 aliphatic carbocycles. The number of hydrogen-bond donors (Lipinski definition) is 3. The third-order valence-corrected chi connectivity index (χ3v) is 6.88. The van der Waals surface area contributed by atoms with E-state index in [1.165, 1.54) is 19.2 Å². The Morgan fingerprint density at radius 2 is 1.73 bits per heavy atom. The molecule has 1 atom stereocenters. The number of methoxy groups -OCH3 is 2. The normalized spacial score (nSPS) is 14.4. The Hall–Kier alpha value is -4.66. The first-order valence-corrected chi connectivity index (χ1v) is 13.1. The van der Waals surface area contributed by atoms with E-state index in [-0.39, 0.29) is 30.5 Å². The summed E-state index contributed by atoms with van der Waals surface area (Å²) < 4.78 is 16.9. The molecule has 210 valence electrons. The Morgan fingerprint density at radius 3 is 2.45 bits per heavy atom. The van der Waals surface area contributed by atoms with Gasteiger partial charge in [0.15, 0.2) is 11.5 Å². The number of aryl methyl sites for hydroxylation is 1. The van der Waals surface area contributed by atoms with E-state index < -0.39 is 5.97 Å². The molecule has 9 heteroatoms. The summed E-state index contributed by atoms with van der Waals surface area (Å²) in [6.45, 7) is 7.04. The second kappa shape index (κ2) is 12.9. The fourth-order valence-corrected chi connectivity index (χ4v) is 4.74. The molecule has 0 saturated carbocycles. The average Bonchev–Trinajstić information content (AvgIpc) is 3.42. The van der Waals surface area contributed by atoms with E-state index in [1.54, 1.807) is 13.2 Å². The van der Waals surface area contributed by atoms with Crippen molar-refractivity contribution in [1.82, 2.24) is 4.90 Å².